The summed E-state index contributed by atoms with van der Waals surface area (Å²) < 4.78 is 5.12. The second-order valence-corrected chi connectivity index (χ2v) is 4.67. The molecule has 0 unspecified atom stereocenters. The topological polar surface area (TPSA) is 62.7 Å². The van der Waals surface area contributed by atoms with E-state index in [-0.39, 0.29) is 12.5 Å². The Morgan fingerprint density at radius 3 is 2.78 bits per heavy atom. The Kier molecular flexibility index (Phi) is 6.41. The molecule has 118 valence electrons. The summed E-state index contributed by atoms with van der Waals surface area (Å²) in [7, 11) is 1.60. The molecule has 0 heterocycles. The van der Waals surface area contributed by atoms with Crippen LogP contribution in [0.3, 0.4) is 0 Å². The van der Waals surface area contributed by atoms with Crippen LogP contribution in [0.25, 0.3) is 6.08 Å². The number of carbonyl (C=O) groups excluding carboxylic acids is 1. The molecular weight excluding hydrogens is 290 g/mol. The van der Waals surface area contributed by atoms with Gasteiger partial charge in [-0.1, -0.05) is 42.5 Å². The van der Waals surface area contributed by atoms with Crippen LogP contribution in [0.15, 0.2) is 65.8 Å². The molecule has 0 aromatic heterocycles. The first kappa shape index (κ1) is 16.3. The maximum Gasteiger partial charge on any atom is 0.259 e. The average Bonchev–Trinajstić information content (AvgIpc) is 2.61. The van der Waals surface area contributed by atoms with Gasteiger partial charge < -0.3 is 10.1 Å². The smallest absolute Gasteiger partial charge is 0.259 e. The van der Waals surface area contributed by atoms with Gasteiger partial charge >= 0.3 is 0 Å². The summed E-state index contributed by atoms with van der Waals surface area (Å²) in [5, 5.41) is 6.86. The highest BCUT2D eigenvalue weighted by Gasteiger charge is 2.00. The van der Waals surface area contributed by atoms with Crippen molar-refractivity contribution in [2.75, 3.05) is 19.0 Å². The zero-order chi connectivity index (χ0) is 16.3. The van der Waals surface area contributed by atoms with Gasteiger partial charge in [-0.15, -0.1) is 0 Å². The molecule has 0 atom stereocenters. The van der Waals surface area contributed by atoms with Crippen LogP contribution in [0.4, 0.5) is 5.69 Å². The first-order valence-corrected chi connectivity index (χ1v) is 7.19. The molecule has 0 fully saturated rings. The molecule has 5 nitrogen and oxygen atoms in total. The van der Waals surface area contributed by atoms with Gasteiger partial charge in [0.1, 0.15) is 5.75 Å². The van der Waals surface area contributed by atoms with Crippen molar-refractivity contribution in [1.29, 1.82) is 0 Å². The third-order valence-electron chi connectivity index (χ3n) is 2.96. The van der Waals surface area contributed by atoms with Crippen LogP contribution in [0.5, 0.6) is 5.75 Å². The lowest BCUT2D eigenvalue weighted by Crippen LogP contribution is -2.25. The largest absolute Gasteiger partial charge is 0.497 e. The Hall–Kier alpha value is -3.08. The number of ether oxygens (including phenoxy) is 1. The summed E-state index contributed by atoms with van der Waals surface area (Å²) in [6, 6.07) is 17.2. The van der Waals surface area contributed by atoms with Crippen LogP contribution in [0.2, 0.25) is 0 Å². The van der Waals surface area contributed by atoms with Gasteiger partial charge in [-0.25, -0.2) is 5.43 Å². The standard InChI is InChI=1S/C18H19N3O2/c1-23-17-11-5-10-16(13-17)19-14-18(22)21-20-12-6-9-15-7-3-2-4-8-15/h2-13,19H,14H2,1H3,(H,21,22)/b9-6+,20-12-. The van der Waals surface area contributed by atoms with E-state index in [2.05, 4.69) is 15.8 Å². The molecule has 0 bridgehead atoms. The van der Waals surface area contributed by atoms with Crippen molar-refractivity contribution < 1.29 is 9.53 Å². The first-order chi connectivity index (χ1) is 11.3. The summed E-state index contributed by atoms with van der Waals surface area (Å²) in [5.74, 6) is 0.511. The number of allylic oxidation sites excluding steroid dienone is 1. The molecule has 23 heavy (non-hydrogen) atoms. The maximum absolute atomic E-state index is 11.7. The van der Waals surface area contributed by atoms with Crippen molar-refractivity contribution in [3.05, 3.63) is 66.2 Å². The second-order valence-electron chi connectivity index (χ2n) is 4.67. The third-order valence-corrected chi connectivity index (χ3v) is 2.96. The fraction of sp³-hybridized carbons (Fsp3) is 0.111. The summed E-state index contributed by atoms with van der Waals surface area (Å²) >= 11 is 0. The molecule has 0 radical (unpaired) electrons. The van der Waals surface area contributed by atoms with Gasteiger partial charge in [0.2, 0.25) is 0 Å². The molecule has 2 aromatic carbocycles. The van der Waals surface area contributed by atoms with E-state index in [1.54, 1.807) is 13.2 Å². The Morgan fingerprint density at radius 2 is 2.00 bits per heavy atom. The van der Waals surface area contributed by atoms with Crippen LogP contribution in [0, 0.1) is 0 Å². The van der Waals surface area contributed by atoms with E-state index in [9.17, 15) is 4.79 Å². The fourth-order valence-corrected chi connectivity index (χ4v) is 1.83. The lowest BCUT2D eigenvalue weighted by atomic mass is 10.2. The zero-order valence-electron chi connectivity index (χ0n) is 12.9. The van der Waals surface area contributed by atoms with Gasteiger partial charge in [0, 0.05) is 18.0 Å². The molecule has 0 saturated carbocycles. The minimum absolute atomic E-state index is 0.132. The highest BCUT2D eigenvalue weighted by Crippen LogP contribution is 2.16. The van der Waals surface area contributed by atoms with Gasteiger partial charge in [0.05, 0.1) is 13.7 Å². The Bertz CT molecular complexity index is 682. The first-order valence-electron chi connectivity index (χ1n) is 7.19. The van der Waals surface area contributed by atoms with Crippen LogP contribution in [0.1, 0.15) is 5.56 Å². The number of amides is 1. The number of nitrogens with zero attached hydrogens (tertiary/aromatic N) is 1. The van der Waals surface area contributed by atoms with Gasteiger partial charge in [-0.2, -0.15) is 5.10 Å². The normalized spacial score (nSPS) is 10.8. The average molecular weight is 309 g/mol. The predicted molar refractivity (Wildman–Crippen MR) is 93.6 cm³/mol. The Balaban J connectivity index is 1.72. The van der Waals surface area contributed by atoms with Crippen LogP contribution in [-0.4, -0.2) is 25.8 Å². The van der Waals surface area contributed by atoms with Gasteiger partial charge in [0.15, 0.2) is 0 Å². The van der Waals surface area contributed by atoms with Gasteiger partial charge in [-0.3, -0.25) is 4.79 Å². The Morgan fingerprint density at radius 1 is 1.17 bits per heavy atom. The van der Waals surface area contributed by atoms with E-state index in [1.807, 2.05) is 60.7 Å². The number of nitrogens with one attached hydrogen (secondary N) is 2. The van der Waals surface area contributed by atoms with Crippen molar-refractivity contribution in [2.45, 2.75) is 0 Å². The van der Waals surface area contributed by atoms with Crippen molar-refractivity contribution in [3.8, 4) is 5.75 Å². The summed E-state index contributed by atoms with van der Waals surface area (Å²) in [6.45, 7) is 0.132. The van der Waals surface area contributed by atoms with E-state index in [0.29, 0.717) is 0 Å². The minimum Gasteiger partial charge on any atom is -0.497 e. The molecule has 2 aromatic rings. The van der Waals surface area contributed by atoms with E-state index in [0.717, 1.165) is 17.0 Å². The molecular formula is C18H19N3O2. The molecule has 0 aliphatic rings. The van der Waals surface area contributed by atoms with Crippen molar-refractivity contribution in [3.63, 3.8) is 0 Å². The molecule has 2 rings (SSSR count). The zero-order valence-corrected chi connectivity index (χ0v) is 12.9. The molecule has 1 amide bonds. The van der Waals surface area contributed by atoms with Crippen molar-refractivity contribution >= 4 is 23.9 Å². The number of hydrogen-bond acceptors (Lipinski definition) is 4. The quantitative estimate of drug-likeness (QED) is 0.610. The highest BCUT2D eigenvalue weighted by molar-refractivity contribution is 5.83. The van der Waals surface area contributed by atoms with Gasteiger partial charge in [0.25, 0.3) is 5.91 Å². The lowest BCUT2D eigenvalue weighted by molar-refractivity contribution is -0.119. The van der Waals surface area contributed by atoms with Crippen LogP contribution >= 0.6 is 0 Å². The molecule has 5 heteroatoms. The number of benzene rings is 2. The van der Waals surface area contributed by atoms with E-state index >= 15 is 0 Å². The number of methoxy groups -OCH3 is 1. The fourth-order valence-electron chi connectivity index (χ4n) is 1.83. The SMILES string of the molecule is COc1cccc(NCC(=O)N/N=C\C=C\c2ccccc2)c1. The Labute approximate surface area is 135 Å². The second kappa shape index (κ2) is 9.04. The number of hydrazone groups is 1. The van der Waals surface area contributed by atoms with Gasteiger partial charge in [-0.05, 0) is 23.8 Å². The number of hydrogen-bond donors (Lipinski definition) is 2. The van der Waals surface area contributed by atoms with E-state index < -0.39 is 0 Å². The summed E-state index contributed by atoms with van der Waals surface area (Å²) in [5.41, 5.74) is 4.34. The monoisotopic (exact) mass is 309 g/mol. The minimum atomic E-state index is -0.225. The number of carbonyl (C=O) groups is 1. The number of rotatable bonds is 7. The van der Waals surface area contributed by atoms with Crippen molar-refractivity contribution in [1.82, 2.24) is 5.43 Å². The summed E-state index contributed by atoms with van der Waals surface area (Å²) in [4.78, 5) is 11.7. The maximum atomic E-state index is 11.7. The molecule has 0 saturated heterocycles. The van der Waals surface area contributed by atoms with Crippen LogP contribution in [-0.2, 0) is 4.79 Å². The third kappa shape index (κ3) is 6.05. The van der Waals surface area contributed by atoms with Crippen molar-refractivity contribution in [2.24, 2.45) is 5.10 Å². The summed E-state index contributed by atoms with van der Waals surface area (Å²) in [6.07, 6.45) is 5.21. The molecule has 0 aliphatic heterocycles. The number of anilines is 1. The predicted octanol–water partition coefficient (Wildman–Crippen LogP) is 2.92. The lowest BCUT2D eigenvalue weighted by Gasteiger charge is -2.06. The molecule has 0 aliphatic carbocycles. The van der Waals surface area contributed by atoms with E-state index in [1.165, 1.54) is 6.21 Å². The molecule has 0 spiro atoms. The molecule has 2 N–H and O–H groups in total. The highest BCUT2D eigenvalue weighted by atomic mass is 16.5. The van der Waals surface area contributed by atoms with Crippen LogP contribution < -0.4 is 15.5 Å². The van der Waals surface area contributed by atoms with E-state index in [4.69, 9.17) is 4.74 Å².